The Balaban J connectivity index is 2.03. The molecule has 2 heterocycles. The molecule has 0 unspecified atom stereocenters. The number of fused-ring (bicyclic) bond motifs is 2. The monoisotopic (exact) mass is 439 g/mol. The van der Waals surface area contributed by atoms with E-state index in [9.17, 15) is 20.5 Å². The number of nitrogens with one attached hydrogen (secondary N) is 1. The number of aromatic nitrogens is 2. The fourth-order valence-corrected chi connectivity index (χ4v) is 4.25. The number of aliphatic hydroxyl groups is 1. The Morgan fingerprint density at radius 3 is 2.72 bits per heavy atom. The summed E-state index contributed by atoms with van der Waals surface area (Å²) >= 11 is 0. The molecule has 0 amide bonds. The fraction of sp³-hybridized carbons (Fsp3) is 0.333. The lowest BCUT2D eigenvalue weighted by Gasteiger charge is -2.47. The Hall–Kier alpha value is -3.72. The lowest BCUT2D eigenvalue weighted by molar-refractivity contribution is -0.385. The van der Waals surface area contributed by atoms with E-state index in [1.807, 2.05) is 6.19 Å². The molecule has 1 aliphatic heterocycles. The van der Waals surface area contributed by atoms with E-state index in [1.54, 1.807) is 35.8 Å². The lowest BCUT2D eigenvalue weighted by Crippen LogP contribution is -2.60. The van der Waals surface area contributed by atoms with Gasteiger partial charge in [-0.25, -0.2) is 4.98 Å². The van der Waals surface area contributed by atoms with Crippen LogP contribution in [0.2, 0.25) is 0 Å². The highest BCUT2D eigenvalue weighted by molar-refractivity contribution is 5.79. The van der Waals surface area contributed by atoms with Gasteiger partial charge in [0.1, 0.15) is 11.9 Å². The normalized spacial score (nSPS) is 22.2. The van der Waals surface area contributed by atoms with Crippen LogP contribution in [-0.4, -0.2) is 51.8 Å². The van der Waals surface area contributed by atoms with Gasteiger partial charge in [-0.1, -0.05) is 12.1 Å². The van der Waals surface area contributed by atoms with E-state index >= 15 is 0 Å². The fourth-order valence-electron chi connectivity index (χ4n) is 4.25. The van der Waals surface area contributed by atoms with Crippen LogP contribution in [0.4, 0.5) is 11.6 Å². The summed E-state index contributed by atoms with van der Waals surface area (Å²) in [5.74, 6) is 0.485. The third kappa shape index (κ3) is 3.21. The molecule has 0 aliphatic carbocycles. The Bertz CT molecular complexity index is 1220. The molecule has 3 aromatic rings. The van der Waals surface area contributed by atoms with Gasteiger partial charge in [-0.15, -0.1) is 0 Å². The number of benzene rings is 2. The number of aliphatic hydroxyl groups excluding tert-OH is 1. The van der Waals surface area contributed by atoms with Crippen LogP contribution < -0.4 is 10.1 Å². The number of nitrogens with zero attached hydrogens (tertiary/aromatic N) is 4. The minimum absolute atomic E-state index is 0.164. The molecule has 0 saturated carbocycles. The van der Waals surface area contributed by atoms with Crippen molar-refractivity contribution in [2.24, 2.45) is 0 Å². The molecule has 0 fully saturated rings. The second-order valence-electron chi connectivity index (χ2n) is 7.49. The van der Waals surface area contributed by atoms with E-state index in [4.69, 9.17) is 14.2 Å². The first-order valence-corrected chi connectivity index (χ1v) is 9.68. The van der Waals surface area contributed by atoms with E-state index in [1.165, 1.54) is 32.4 Å². The van der Waals surface area contributed by atoms with Crippen molar-refractivity contribution in [2.45, 2.75) is 31.0 Å². The molecule has 1 aliphatic rings. The Kier molecular flexibility index (Phi) is 5.43. The maximum atomic E-state index is 11.6. The zero-order valence-electron chi connectivity index (χ0n) is 17.6. The number of para-hydroxylation sites is 2. The van der Waals surface area contributed by atoms with Gasteiger partial charge in [0, 0.05) is 31.9 Å². The van der Waals surface area contributed by atoms with Crippen LogP contribution in [0.3, 0.4) is 0 Å². The highest BCUT2D eigenvalue weighted by atomic mass is 16.7. The zero-order chi connectivity index (χ0) is 23.0. The molecule has 0 bridgehead atoms. The van der Waals surface area contributed by atoms with Gasteiger partial charge in [-0.3, -0.25) is 20.0 Å². The number of hydrogen-bond acceptors (Lipinski definition) is 9. The van der Waals surface area contributed by atoms with Gasteiger partial charge in [-0.05, 0) is 25.1 Å². The molecule has 11 nitrogen and oxygen atoms in total. The number of methoxy groups -OCH3 is 2. The number of imidazole rings is 1. The van der Waals surface area contributed by atoms with Crippen LogP contribution in [0.5, 0.6) is 5.75 Å². The van der Waals surface area contributed by atoms with Crippen molar-refractivity contribution in [3.8, 4) is 11.9 Å². The number of hydrogen-bond donors (Lipinski definition) is 2. The van der Waals surface area contributed by atoms with Gasteiger partial charge in [0.25, 0.3) is 5.69 Å². The molecular formula is C21H21N5O6. The minimum atomic E-state index is -1.40. The first kappa shape index (κ1) is 21.5. The lowest BCUT2D eigenvalue weighted by atomic mass is 9.84. The largest absolute Gasteiger partial charge is 0.479 e. The van der Waals surface area contributed by atoms with Gasteiger partial charge in [0.05, 0.1) is 22.0 Å². The summed E-state index contributed by atoms with van der Waals surface area (Å²) < 4.78 is 18.6. The molecule has 0 radical (unpaired) electrons. The molecule has 11 heteroatoms. The van der Waals surface area contributed by atoms with Crippen molar-refractivity contribution in [2.75, 3.05) is 19.5 Å². The van der Waals surface area contributed by atoms with E-state index < -0.39 is 29.0 Å². The van der Waals surface area contributed by atoms with Crippen molar-refractivity contribution in [1.29, 1.82) is 5.26 Å². The molecule has 4 rings (SSSR count). The minimum Gasteiger partial charge on any atom is -0.479 e. The van der Waals surface area contributed by atoms with Crippen LogP contribution in [0.1, 0.15) is 18.5 Å². The highest BCUT2D eigenvalue weighted by Gasteiger charge is 2.53. The number of nitro groups is 1. The zero-order valence-corrected chi connectivity index (χ0v) is 17.6. The van der Waals surface area contributed by atoms with Crippen molar-refractivity contribution < 1.29 is 24.2 Å². The van der Waals surface area contributed by atoms with Gasteiger partial charge in [0.15, 0.2) is 18.1 Å². The number of rotatable bonds is 6. The van der Waals surface area contributed by atoms with Crippen LogP contribution >= 0.6 is 0 Å². The van der Waals surface area contributed by atoms with Gasteiger partial charge >= 0.3 is 0 Å². The van der Waals surface area contributed by atoms with Crippen molar-refractivity contribution in [3.63, 3.8) is 0 Å². The predicted molar refractivity (Wildman–Crippen MR) is 113 cm³/mol. The molecule has 2 aromatic carbocycles. The summed E-state index contributed by atoms with van der Waals surface area (Å²) in [6.45, 7) is 1.63. The first-order chi connectivity index (χ1) is 15.3. The molecular weight excluding hydrogens is 418 g/mol. The topological polar surface area (TPSA) is 145 Å². The molecule has 0 spiro atoms. The average molecular weight is 439 g/mol. The molecule has 0 saturated heterocycles. The Labute approximate surface area is 182 Å². The Morgan fingerprint density at radius 2 is 2.06 bits per heavy atom. The van der Waals surface area contributed by atoms with Gasteiger partial charge < -0.3 is 19.3 Å². The number of ether oxygens (including phenoxy) is 3. The second kappa shape index (κ2) is 8.08. The van der Waals surface area contributed by atoms with E-state index in [-0.39, 0.29) is 11.6 Å². The summed E-state index contributed by atoms with van der Waals surface area (Å²) in [6.07, 6.45) is -0.419. The summed E-state index contributed by atoms with van der Waals surface area (Å²) in [4.78, 5) is 15.4. The van der Waals surface area contributed by atoms with E-state index in [0.29, 0.717) is 22.3 Å². The molecule has 2 N–H and O–H groups in total. The standard InChI is InChI=1S/C21H21N5O6/c1-21(19(30-2)31-3)18(27)17(13-10-12(26(28)29)8-9-16(13)32-21)25-15-7-5-4-6-14(15)24-20(25)23-11-22/h4-10,17-19,27H,1-3H3,(H,23,24)/t17-,18+,21+/m0/s1. The third-order valence-corrected chi connectivity index (χ3v) is 5.68. The summed E-state index contributed by atoms with van der Waals surface area (Å²) in [5, 5.41) is 34.9. The quantitative estimate of drug-likeness (QED) is 0.195. The van der Waals surface area contributed by atoms with Crippen molar-refractivity contribution in [3.05, 3.63) is 58.1 Å². The molecule has 32 heavy (non-hydrogen) atoms. The maximum absolute atomic E-state index is 11.6. The third-order valence-electron chi connectivity index (χ3n) is 5.68. The Morgan fingerprint density at radius 1 is 1.34 bits per heavy atom. The van der Waals surface area contributed by atoms with E-state index in [2.05, 4.69) is 10.3 Å². The smallest absolute Gasteiger partial charge is 0.270 e. The number of nitriles is 1. The highest BCUT2D eigenvalue weighted by Crippen LogP contribution is 2.47. The molecule has 1 aromatic heterocycles. The maximum Gasteiger partial charge on any atom is 0.270 e. The molecule has 166 valence electrons. The van der Waals surface area contributed by atoms with E-state index in [0.717, 1.165) is 0 Å². The summed E-state index contributed by atoms with van der Waals surface area (Å²) in [6, 6.07) is 10.4. The SMILES string of the molecule is COC(OC)[C@]1(C)Oc2ccc([N+](=O)[O-])cc2[C@H](n2c(NC#N)nc3ccccc32)[C@H]1O. The number of non-ortho nitro benzene ring substituents is 1. The van der Waals surface area contributed by atoms with Crippen LogP contribution in [-0.2, 0) is 9.47 Å². The van der Waals surface area contributed by atoms with Gasteiger partial charge in [-0.2, -0.15) is 5.26 Å². The van der Waals surface area contributed by atoms with Crippen molar-refractivity contribution in [1.82, 2.24) is 9.55 Å². The average Bonchev–Trinajstić information content (AvgIpc) is 3.13. The van der Waals surface area contributed by atoms with Crippen LogP contribution in [0.15, 0.2) is 42.5 Å². The van der Waals surface area contributed by atoms with Crippen LogP contribution in [0, 0.1) is 21.6 Å². The van der Waals surface area contributed by atoms with Crippen molar-refractivity contribution >= 4 is 22.7 Å². The summed E-state index contributed by atoms with van der Waals surface area (Å²) in [7, 11) is 2.84. The van der Waals surface area contributed by atoms with Gasteiger partial charge in [0.2, 0.25) is 5.95 Å². The summed E-state index contributed by atoms with van der Waals surface area (Å²) in [5.41, 5.74) is -0.0104. The second-order valence-corrected chi connectivity index (χ2v) is 7.49. The molecule has 3 atom stereocenters. The van der Waals surface area contributed by atoms with Crippen LogP contribution in [0.25, 0.3) is 11.0 Å². The first-order valence-electron chi connectivity index (χ1n) is 9.68. The number of anilines is 1. The predicted octanol–water partition coefficient (Wildman–Crippen LogP) is 2.56. The number of nitro benzene ring substituents is 1.